The molecule has 0 aliphatic carbocycles. The molecular weight excluding hydrogens is 216 g/mol. The first kappa shape index (κ1) is 13.5. The van der Waals surface area contributed by atoms with Crippen LogP contribution in [0.1, 0.15) is 0 Å². The van der Waals surface area contributed by atoms with Gasteiger partial charge in [0, 0.05) is 12.2 Å². The van der Waals surface area contributed by atoms with Gasteiger partial charge in [-0.15, -0.1) is 0 Å². The molecule has 1 rings (SSSR count). The molecule has 0 bridgehead atoms. The quantitative estimate of drug-likeness (QED) is 0.438. The summed E-state index contributed by atoms with van der Waals surface area (Å²) in [4.78, 5) is 19.1. The number of benzene rings is 1. The van der Waals surface area contributed by atoms with Crippen molar-refractivity contribution < 1.29 is 30.0 Å². The van der Waals surface area contributed by atoms with E-state index in [0.717, 1.165) is 0 Å². The number of phenolic OH excluding ortho intramolecular Hbond substituents is 2. The molecule has 0 heterocycles. The van der Waals surface area contributed by atoms with E-state index in [4.69, 9.17) is 20.4 Å². The molecule has 0 unspecified atom stereocenters. The van der Waals surface area contributed by atoms with E-state index in [1.54, 1.807) is 0 Å². The van der Waals surface area contributed by atoms with Gasteiger partial charge in [0.1, 0.15) is 11.5 Å². The molecule has 86 valence electrons. The molecule has 0 aliphatic heterocycles. The fourth-order valence-electron chi connectivity index (χ4n) is 0.595. The number of aromatic hydroxyl groups is 2. The highest BCUT2D eigenvalue weighted by molar-refractivity contribution is 5.89. The largest absolute Gasteiger partial charge is 0.508 e. The van der Waals surface area contributed by atoms with Gasteiger partial charge in [-0.2, -0.15) is 0 Å². The lowest BCUT2D eigenvalue weighted by molar-refractivity contribution is -0.134. The van der Waals surface area contributed by atoms with E-state index < -0.39 is 11.9 Å². The number of carboxylic acid groups (broad SMARTS) is 2. The minimum atomic E-state index is -1.26. The molecule has 6 nitrogen and oxygen atoms in total. The standard InChI is InChI=1S/C6H6O2.C4H4O4/c7-5-1-2-6(8)4-3-5;5-3(6)1-2-4(7)8/h1-4,7-8H;1-2H,(H,5,6)(H,7,8). The van der Waals surface area contributed by atoms with Crippen LogP contribution >= 0.6 is 0 Å². The summed E-state index contributed by atoms with van der Waals surface area (Å²) >= 11 is 0. The molecule has 6 heteroatoms. The van der Waals surface area contributed by atoms with Crippen LogP contribution < -0.4 is 0 Å². The maximum atomic E-state index is 9.55. The maximum Gasteiger partial charge on any atom is 0.328 e. The predicted molar refractivity (Wildman–Crippen MR) is 54.2 cm³/mol. The summed E-state index contributed by atoms with van der Waals surface area (Å²) in [6, 6.07) is 5.70. The second-order valence-electron chi connectivity index (χ2n) is 2.53. The van der Waals surface area contributed by atoms with E-state index in [-0.39, 0.29) is 11.5 Å². The van der Waals surface area contributed by atoms with Crippen molar-refractivity contribution in [2.45, 2.75) is 0 Å². The number of carboxylic acids is 2. The second kappa shape index (κ2) is 6.88. The van der Waals surface area contributed by atoms with Crippen molar-refractivity contribution >= 4 is 11.9 Å². The second-order valence-corrected chi connectivity index (χ2v) is 2.53. The van der Waals surface area contributed by atoms with Crippen LogP contribution in [0.3, 0.4) is 0 Å². The first-order valence-electron chi connectivity index (χ1n) is 4.03. The summed E-state index contributed by atoms with van der Waals surface area (Å²) in [6.45, 7) is 0. The van der Waals surface area contributed by atoms with Crippen molar-refractivity contribution in [2.75, 3.05) is 0 Å². The number of rotatable bonds is 2. The van der Waals surface area contributed by atoms with Gasteiger partial charge in [0.15, 0.2) is 0 Å². The Balaban J connectivity index is 0.000000281. The third-order valence-corrected chi connectivity index (χ3v) is 1.22. The van der Waals surface area contributed by atoms with Crippen molar-refractivity contribution in [1.29, 1.82) is 0 Å². The van der Waals surface area contributed by atoms with E-state index in [0.29, 0.717) is 12.2 Å². The fraction of sp³-hybridized carbons (Fsp3) is 0. The van der Waals surface area contributed by atoms with Crippen molar-refractivity contribution in [2.24, 2.45) is 0 Å². The van der Waals surface area contributed by atoms with Crippen LogP contribution in [0.4, 0.5) is 0 Å². The van der Waals surface area contributed by atoms with Crippen molar-refractivity contribution in [1.82, 2.24) is 0 Å². The van der Waals surface area contributed by atoms with E-state index in [9.17, 15) is 9.59 Å². The molecule has 0 aliphatic rings. The van der Waals surface area contributed by atoms with Gasteiger partial charge in [-0.1, -0.05) is 0 Å². The van der Waals surface area contributed by atoms with E-state index >= 15 is 0 Å². The molecule has 1 aromatic rings. The Morgan fingerprint density at radius 1 is 0.812 bits per heavy atom. The molecule has 0 atom stereocenters. The van der Waals surface area contributed by atoms with Crippen molar-refractivity contribution in [3.8, 4) is 11.5 Å². The molecule has 0 saturated heterocycles. The Hall–Kier alpha value is -2.50. The Kier molecular flexibility index (Phi) is 5.81. The van der Waals surface area contributed by atoms with Crippen LogP contribution in [0.5, 0.6) is 11.5 Å². The zero-order valence-electron chi connectivity index (χ0n) is 8.07. The maximum absolute atomic E-state index is 9.55. The SMILES string of the molecule is O=C(O)C=CC(=O)O.Oc1ccc(O)cc1. The first-order valence-corrected chi connectivity index (χ1v) is 4.03. The molecule has 0 fully saturated rings. The molecular formula is C10H10O6. The van der Waals surface area contributed by atoms with Gasteiger partial charge in [0.25, 0.3) is 0 Å². The van der Waals surface area contributed by atoms with Crippen LogP contribution in [-0.2, 0) is 9.59 Å². The van der Waals surface area contributed by atoms with Gasteiger partial charge in [0.2, 0.25) is 0 Å². The Bertz CT molecular complexity index is 342. The monoisotopic (exact) mass is 226 g/mol. The Morgan fingerprint density at radius 2 is 1.06 bits per heavy atom. The average Bonchev–Trinajstić information content (AvgIpc) is 2.20. The highest BCUT2D eigenvalue weighted by Crippen LogP contribution is 2.13. The third-order valence-electron chi connectivity index (χ3n) is 1.22. The summed E-state index contributed by atoms with van der Waals surface area (Å²) in [7, 11) is 0. The smallest absolute Gasteiger partial charge is 0.328 e. The molecule has 0 spiro atoms. The fourth-order valence-corrected chi connectivity index (χ4v) is 0.595. The third kappa shape index (κ3) is 8.11. The van der Waals surface area contributed by atoms with Crippen LogP contribution in [-0.4, -0.2) is 32.4 Å². The van der Waals surface area contributed by atoms with Gasteiger partial charge in [-0.05, 0) is 24.3 Å². The molecule has 4 N–H and O–H groups in total. The average molecular weight is 226 g/mol. The minimum absolute atomic E-state index is 0.169. The number of carbonyl (C=O) groups is 2. The number of hydrogen-bond acceptors (Lipinski definition) is 4. The molecule has 0 saturated carbocycles. The molecule has 0 radical (unpaired) electrons. The predicted octanol–water partition coefficient (Wildman–Crippen LogP) is 0.810. The Labute approximate surface area is 90.7 Å². The van der Waals surface area contributed by atoms with Crippen molar-refractivity contribution in [3.63, 3.8) is 0 Å². The Morgan fingerprint density at radius 3 is 1.25 bits per heavy atom. The van der Waals surface area contributed by atoms with Gasteiger partial charge < -0.3 is 20.4 Å². The van der Waals surface area contributed by atoms with Crippen LogP contribution in [0.25, 0.3) is 0 Å². The molecule has 1 aromatic carbocycles. The molecule has 0 amide bonds. The first-order chi connectivity index (χ1) is 7.41. The number of aliphatic carboxylic acids is 2. The summed E-state index contributed by atoms with van der Waals surface area (Å²) in [5.41, 5.74) is 0. The van der Waals surface area contributed by atoms with Gasteiger partial charge in [-0.25, -0.2) is 9.59 Å². The normalized spacial score (nSPS) is 9.25. The lowest BCUT2D eigenvalue weighted by Gasteiger charge is -1.88. The summed E-state index contributed by atoms with van der Waals surface area (Å²) in [6.07, 6.45) is 1.12. The van der Waals surface area contributed by atoms with Crippen molar-refractivity contribution in [3.05, 3.63) is 36.4 Å². The molecule has 16 heavy (non-hydrogen) atoms. The lowest BCUT2D eigenvalue weighted by atomic mass is 10.3. The lowest BCUT2D eigenvalue weighted by Crippen LogP contribution is -1.91. The summed E-state index contributed by atoms with van der Waals surface area (Å²) in [5.74, 6) is -2.18. The number of phenols is 2. The van der Waals surface area contributed by atoms with E-state index in [1.165, 1.54) is 24.3 Å². The van der Waals surface area contributed by atoms with Gasteiger partial charge in [-0.3, -0.25) is 0 Å². The van der Waals surface area contributed by atoms with Crippen LogP contribution in [0.15, 0.2) is 36.4 Å². The zero-order chi connectivity index (χ0) is 12.6. The van der Waals surface area contributed by atoms with Gasteiger partial charge in [0.05, 0.1) is 0 Å². The zero-order valence-corrected chi connectivity index (χ0v) is 8.07. The highest BCUT2D eigenvalue weighted by atomic mass is 16.4. The topological polar surface area (TPSA) is 115 Å². The van der Waals surface area contributed by atoms with Crippen LogP contribution in [0.2, 0.25) is 0 Å². The molecule has 0 aromatic heterocycles. The van der Waals surface area contributed by atoms with E-state index in [1.807, 2.05) is 0 Å². The van der Waals surface area contributed by atoms with Crippen LogP contribution in [0, 0.1) is 0 Å². The summed E-state index contributed by atoms with van der Waals surface area (Å²) in [5, 5.41) is 32.9. The minimum Gasteiger partial charge on any atom is -0.508 e. The summed E-state index contributed by atoms with van der Waals surface area (Å²) < 4.78 is 0. The number of hydrogen-bond donors (Lipinski definition) is 4. The van der Waals surface area contributed by atoms with E-state index in [2.05, 4.69) is 0 Å². The highest BCUT2D eigenvalue weighted by Gasteiger charge is 1.88. The van der Waals surface area contributed by atoms with Gasteiger partial charge >= 0.3 is 11.9 Å².